The first-order chi connectivity index (χ1) is 12.4. The zero-order valence-electron chi connectivity index (χ0n) is 15.4. The average molecular weight is 379 g/mol. The van der Waals surface area contributed by atoms with Crippen LogP contribution in [0.25, 0.3) is 10.2 Å². The van der Waals surface area contributed by atoms with Crippen molar-refractivity contribution < 1.29 is 14.6 Å². The number of aliphatic hydroxyl groups is 1. The predicted octanol–water partition coefficient (Wildman–Crippen LogP) is 2.23. The molecule has 26 heavy (non-hydrogen) atoms. The van der Waals surface area contributed by atoms with Gasteiger partial charge in [0.2, 0.25) is 0 Å². The number of fused-ring (bicyclic) bond motifs is 1. The third-order valence-corrected chi connectivity index (χ3v) is 5.18. The summed E-state index contributed by atoms with van der Waals surface area (Å²) in [6.45, 7) is 10.8. The SMILES string of the molecule is C=CCN(Cc1nc2sc(C(=O)OCC)c(C)c2c(=O)[nH]1)C[C@@H](O)CC. The molecule has 0 aliphatic carbocycles. The molecule has 1 atom stereocenters. The van der Waals surface area contributed by atoms with Gasteiger partial charge < -0.3 is 14.8 Å². The summed E-state index contributed by atoms with van der Waals surface area (Å²) in [5.41, 5.74) is 0.317. The first-order valence-corrected chi connectivity index (χ1v) is 9.43. The van der Waals surface area contributed by atoms with Gasteiger partial charge in [0.1, 0.15) is 15.5 Å². The fourth-order valence-electron chi connectivity index (χ4n) is 2.68. The number of thiophene rings is 1. The molecule has 2 heterocycles. The second-order valence-corrected chi connectivity index (χ2v) is 7.01. The summed E-state index contributed by atoms with van der Waals surface area (Å²) in [6.07, 6.45) is 1.93. The molecule has 0 fully saturated rings. The monoisotopic (exact) mass is 379 g/mol. The number of carbonyl (C=O) groups excluding carboxylic acids is 1. The van der Waals surface area contributed by atoms with Gasteiger partial charge in [0.25, 0.3) is 5.56 Å². The van der Waals surface area contributed by atoms with E-state index in [0.29, 0.717) is 52.5 Å². The highest BCUT2D eigenvalue weighted by Crippen LogP contribution is 2.27. The Bertz CT molecular complexity index is 843. The highest BCUT2D eigenvalue weighted by molar-refractivity contribution is 7.20. The fraction of sp³-hybridized carbons (Fsp3) is 0.500. The van der Waals surface area contributed by atoms with Crippen LogP contribution in [0.3, 0.4) is 0 Å². The van der Waals surface area contributed by atoms with E-state index >= 15 is 0 Å². The summed E-state index contributed by atoms with van der Waals surface area (Å²) in [5, 5.41) is 10.3. The molecule has 0 bridgehead atoms. The number of H-pyrrole nitrogens is 1. The number of ether oxygens (including phenoxy) is 1. The summed E-state index contributed by atoms with van der Waals surface area (Å²) in [5.74, 6) is 0.0533. The van der Waals surface area contributed by atoms with Crippen molar-refractivity contribution in [1.29, 1.82) is 0 Å². The highest BCUT2D eigenvalue weighted by atomic mass is 32.1. The molecule has 0 aromatic carbocycles. The third-order valence-electron chi connectivity index (χ3n) is 4.01. The third kappa shape index (κ3) is 4.57. The average Bonchev–Trinajstić information content (AvgIpc) is 2.92. The highest BCUT2D eigenvalue weighted by Gasteiger charge is 2.20. The van der Waals surface area contributed by atoms with Crippen molar-refractivity contribution in [2.45, 2.75) is 39.8 Å². The minimum Gasteiger partial charge on any atom is -0.462 e. The fourth-order valence-corrected chi connectivity index (χ4v) is 3.77. The van der Waals surface area contributed by atoms with Crippen molar-refractivity contribution in [3.8, 4) is 0 Å². The van der Waals surface area contributed by atoms with Crippen LogP contribution in [-0.4, -0.2) is 51.7 Å². The number of esters is 1. The van der Waals surface area contributed by atoms with Crippen molar-refractivity contribution in [2.24, 2.45) is 0 Å². The zero-order chi connectivity index (χ0) is 19.3. The van der Waals surface area contributed by atoms with Crippen molar-refractivity contribution in [1.82, 2.24) is 14.9 Å². The van der Waals surface area contributed by atoms with E-state index in [9.17, 15) is 14.7 Å². The van der Waals surface area contributed by atoms with Crippen LogP contribution in [0.1, 0.15) is 41.3 Å². The van der Waals surface area contributed by atoms with Gasteiger partial charge in [0.15, 0.2) is 0 Å². The quantitative estimate of drug-likeness (QED) is 0.512. The number of aliphatic hydroxyl groups excluding tert-OH is 1. The van der Waals surface area contributed by atoms with Gasteiger partial charge in [0, 0.05) is 13.1 Å². The van der Waals surface area contributed by atoms with Crippen molar-refractivity contribution in [2.75, 3.05) is 19.7 Å². The maximum Gasteiger partial charge on any atom is 0.348 e. The molecule has 8 heteroatoms. The summed E-state index contributed by atoms with van der Waals surface area (Å²) in [6, 6.07) is 0. The van der Waals surface area contributed by atoms with Crippen molar-refractivity contribution in [3.63, 3.8) is 0 Å². The lowest BCUT2D eigenvalue weighted by Gasteiger charge is -2.22. The first kappa shape index (κ1) is 20.3. The summed E-state index contributed by atoms with van der Waals surface area (Å²) >= 11 is 1.17. The Morgan fingerprint density at radius 2 is 2.23 bits per heavy atom. The molecule has 0 unspecified atom stereocenters. The van der Waals surface area contributed by atoms with Crippen LogP contribution in [0.5, 0.6) is 0 Å². The molecule has 2 rings (SSSR count). The van der Waals surface area contributed by atoms with Gasteiger partial charge in [-0.2, -0.15) is 0 Å². The molecule has 0 aliphatic heterocycles. The van der Waals surface area contributed by atoms with Gasteiger partial charge in [-0.25, -0.2) is 9.78 Å². The topological polar surface area (TPSA) is 95.5 Å². The Kier molecular flexibility index (Phi) is 7.07. The predicted molar refractivity (Wildman–Crippen MR) is 103 cm³/mol. The molecule has 2 aromatic rings. The number of nitrogens with one attached hydrogen (secondary N) is 1. The van der Waals surface area contributed by atoms with Gasteiger partial charge in [-0.15, -0.1) is 17.9 Å². The second kappa shape index (κ2) is 9.07. The molecule has 0 amide bonds. The number of carbonyl (C=O) groups is 1. The summed E-state index contributed by atoms with van der Waals surface area (Å²) in [7, 11) is 0. The lowest BCUT2D eigenvalue weighted by atomic mass is 10.2. The van der Waals surface area contributed by atoms with E-state index in [1.54, 1.807) is 19.9 Å². The molecule has 2 N–H and O–H groups in total. The zero-order valence-corrected chi connectivity index (χ0v) is 16.2. The van der Waals surface area contributed by atoms with E-state index in [1.807, 2.05) is 11.8 Å². The normalized spacial score (nSPS) is 12.5. The Labute approximate surface area is 156 Å². The van der Waals surface area contributed by atoms with Crippen molar-refractivity contribution in [3.05, 3.63) is 39.3 Å². The van der Waals surface area contributed by atoms with Crippen LogP contribution < -0.4 is 5.56 Å². The van der Waals surface area contributed by atoms with Crippen LogP contribution in [0.15, 0.2) is 17.4 Å². The Hall–Kier alpha value is -2.03. The lowest BCUT2D eigenvalue weighted by Crippen LogP contribution is -2.33. The second-order valence-electron chi connectivity index (χ2n) is 6.01. The lowest BCUT2D eigenvalue weighted by molar-refractivity contribution is 0.0531. The molecule has 0 radical (unpaired) electrons. The Morgan fingerprint density at radius 3 is 2.85 bits per heavy atom. The molecule has 0 saturated heterocycles. The number of hydrogen-bond donors (Lipinski definition) is 2. The molecule has 0 spiro atoms. The smallest absolute Gasteiger partial charge is 0.348 e. The van der Waals surface area contributed by atoms with Gasteiger partial charge in [-0.1, -0.05) is 13.0 Å². The number of aromatic amines is 1. The Morgan fingerprint density at radius 1 is 1.50 bits per heavy atom. The minimum absolute atomic E-state index is 0.274. The summed E-state index contributed by atoms with van der Waals surface area (Å²) < 4.78 is 5.05. The number of nitrogens with zero attached hydrogens (tertiary/aromatic N) is 2. The van der Waals surface area contributed by atoms with Crippen LogP contribution in [-0.2, 0) is 11.3 Å². The van der Waals surface area contributed by atoms with E-state index < -0.39 is 12.1 Å². The molecular weight excluding hydrogens is 354 g/mol. The van der Waals surface area contributed by atoms with Crippen LogP contribution in [0, 0.1) is 6.92 Å². The Balaban J connectivity index is 2.36. The van der Waals surface area contributed by atoms with Crippen molar-refractivity contribution >= 4 is 27.5 Å². The first-order valence-electron chi connectivity index (χ1n) is 8.61. The minimum atomic E-state index is -0.454. The van der Waals surface area contributed by atoms with E-state index in [0.717, 1.165) is 0 Å². The largest absolute Gasteiger partial charge is 0.462 e. The number of aromatic nitrogens is 2. The van der Waals surface area contributed by atoms with E-state index in [-0.39, 0.29) is 12.2 Å². The van der Waals surface area contributed by atoms with E-state index in [1.165, 1.54) is 11.3 Å². The van der Waals surface area contributed by atoms with Crippen LogP contribution in [0.4, 0.5) is 0 Å². The maximum atomic E-state index is 12.5. The standard InChI is InChI=1S/C18H25N3O4S/c1-5-8-21(9-12(22)6-2)10-13-19-16(23)14-11(4)15(18(24)25-7-3)26-17(14)20-13/h5,12,22H,1,6-10H2,2-4H3,(H,19,20,23)/t12-/m0/s1. The maximum absolute atomic E-state index is 12.5. The number of rotatable bonds is 9. The van der Waals surface area contributed by atoms with Gasteiger partial charge in [0.05, 0.1) is 24.6 Å². The molecule has 0 aliphatic rings. The van der Waals surface area contributed by atoms with Gasteiger partial charge in [-0.3, -0.25) is 9.69 Å². The van der Waals surface area contributed by atoms with Gasteiger partial charge in [-0.05, 0) is 25.8 Å². The van der Waals surface area contributed by atoms with Crippen LogP contribution in [0.2, 0.25) is 0 Å². The molecule has 142 valence electrons. The van der Waals surface area contributed by atoms with E-state index in [2.05, 4.69) is 16.5 Å². The van der Waals surface area contributed by atoms with Gasteiger partial charge >= 0.3 is 5.97 Å². The number of hydrogen-bond acceptors (Lipinski definition) is 7. The molecule has 7 nitrogen and oxygen atoms in total. The molecule has 0 saturated carbocycles. The number of aryl methyl sites for hydroxylation is 1. The van der Waals surface area contributed by atoms with Crippen LogP contribution >= 0.6 is 11.3 Å². The van der Waals surface area contributed by atoms with E-state index in [4.69, 9.17) is 4.74 Å². The molecule has 2 aromatic heterocycles. The molecular formula is C18H25N3O4S. The summed E-state index contributed by atoms with van der Waals surface area (Å²) in [4.78, 5) is 34.7.